The highest BCUT2D eigenvalue weighted by Gasteiger charge is 2.14. The van der Waals surface area contributed by atoms with Crippen molar-refractivity contribution in [3.63, 3.8) is 0 Å². The molecular weight excluding hydrogens is 310 g/mol. The summed E-state index contributed by atoms with van der Waals surface area (Å²) >= 11 is 9.44. The lowest BCUT2D eigenvalue weighted by Crippen LogP contribution is -2.16. The van der Waals surface area contributed by atoms with Gasteiger partial charge in [-0.3, -0.25) is 9.63 Å². The minimum absolute atomic E-state index is 0.148. The van der Waals surface area contributed by atoms with E-state index in [1.54, 1.807) is 31.3 Å². The Morgan fingerprint density at radius 3 is 2.95 bits per heavy atom. The van der Waals surface area contributed by atoms with Crippen molar-refractivity contribution >= 4 is 30.5 Å². The van der Waals surface area contributed by atoms with Crippen molar-refractivity contribution < 1.29 is 9.53 Å². The maximum Gasteiger partial charge on any atom is 0.266 e. The summed E-state index contributed by atoms with van der Waals surface area (Å²) < 4.78 is 6.90. The molecule has 0 radical (unpaired) electrons. The van der Waals surface area contributed by atoms with Crippen LogP contribution in [0.2, 0.25) is 0 Å². The number of aromatic nitrogens is 2. The number of nitrogens with zero attached hydrogens (tertiary/aromatic N) is 2. The van der Waals surface area contributed by atoms with Crippen molar-refractivity contribution in [2.24, 2.45) is 0 Å². The molecule has 0 spiro atoms. The highest BCUT2D eigenvalue weighted by atomic mass is 35.5. The van der Waals surface area contributed by atoms with Gasteiger partial charge in [-0.25, -0.2) is 4.09 Å². The van der Waals surface area contributed by atoms with Crippen LogP contribution >= 0.6 is 24.6 Å². The third kappa shape index (κ3) is 3.72. The molecule has 21 heavy (non-hydrogen) atoms. The average Bonchev–Trinajstić information content (AvgIpc) is 2.91. The Bertz CT molecular complexity index is 718. The molecule has 0 aliphatic rings. The van der Waals surface area contributed by atoms with Crippen LogP contribution in [0.15, 0.2) is 30.5 Å². The standard InChI is InChI=1S/C14H12ClN3O2S/c1-2-4-10-5-3-6-11(14(19)16-15)12(10)9-20-13-7-8-18(21)17-13/h3,5-8,21H,9H2,1H3,(H,16,19). The molecule has 7 heteroatoms. The predicted molar refractivity (Wildman–Crippen MR) is 83.3 cm³/mol. The molecule has 1 amide bonds. The van der Waals surface area contributed by atoms with Crippen LogP contribution in [-0.2, 0) is 6.61 Å². The molecule has 5 nitrogen and oxygen atoms in total. The molecule has 1 heterocycles. The Hall–Kier alpha value is -2.10. The number of benzene rings is 1. The minimum Gasteiger partial charge on any atom is -0.472 e. The van der Waals surface area contributed by atoms with Gasteiger partial charge in [-0.2, -0.15) is 0 Å². The molecule has 1 aromatic carbocycles. The number of rotatable bonds is 4. The highest BCUT2D eigenvalue weighted by Crippen LogP contribution is 2.18. The van der Waals surface area contributed by atoms with Crippen LogP contribution in [0.25, 0.3) is 0 Å². The molecule has 2 rings (SSSR count). The first-order valence-corrected chi connectivity index (χ1v) is 6.77. The molecule has 0 aliphatic carbocycles. The number of hydrogen-bond donors (Lipinski definition) is 2. The van der Waals surface area contributed by atoms with Gasteiger partial charge in [0.25, 0.3) is 5.91 Å². The monoisotopic (exact) mass is 321 g/mol. The van der Waals surface area contributed by atoms with Gasteiger partial charge in [-0.1, -0.05) is 12.0 Å². The Morgan fingerprint density at radius 1 is 1.52 bits per heavy atom. The highest BCUT2D eigenvalue weighted by molar-refractivity contribution is 7.78. The van der Waals surface area contributed by atoms with Crippen LogP contribution in [0, 0.1) is 11.8 Å². The Labute approximate surface area is 132 Å². The van der Waals surface area contributed by atoms with Crippen LogP contribution < -0.4 is 9.57 Å². The molecule has 108 valence electrons. The zero-order chi connectivity index (χ0) is 15.2. The van der Waals surface area contributed by atoms with E-state index in [1.165, 1.54) is 4.09 Å². The summed E-state index contributed by atoms with van der Waals surface area (Å²) in [5.74, 6) is 5.75. The van der Waals surface area contributed by atoms with Gasteiger partial charge in [-0.05, 0) is 31.9 Å². The van der Waals surface area contributed by atoms with E-state index < -0.39 is 5.91 Å². The Morgan fingerprint density at radius 2 is 2.33 bits per heavy atom. The van der Waals surface area contributed by atoms with Crippen LogP contribution in [0.4, 0.5) is 0 Å². The lowest BCUT2D eigenvalue weighted by molar-refractivity contribution is 0.0979. The van der Waals surface area contributed by atoms with Gasteiger partial charge in [0.1, 0.15) is 6.61 Å². The maximum atomic E-state index is 11.8. The summed E-state index contributed by atoms with van der Waals surface area (Å²) in [5.41, 5.74) is 1.77. The number of thiol groups is 1. The average molecular weight is 322 g/mol. The van der Waals surface area contributed by atoms with Crippen molar-refractivity contribution in [2.75, 3.05) is 0 Å². The smallest absolute Gasteiger partial charge is 0.266 e. The molecular formula is C14H12ClN3O2S. The first kappa shape index (κ1) is 15.3. The lowest BCUT2D eigenvalue weighted by Gasteiger charge is -2.10. The second-order valence-corrected chi connectivity index (χ2v) is 4.59. The number of carbonyl (C=O) groups is 1. The lowest BCUT2D eigenvalue weighted by atomic mass is 10.0. The number of carbonyl (C=O) groups excluding carboxylic acids is 1. The van der Waals surface area contributed by atoms with Crippen molar-refractivity contribution in [3.8, 4) is 17.7 Å². The van der Waals surface area contributed by atoms with Crippen LogP contribution in [0.5, 0.6) is 5.88 Å². The summed E-state index contributed by atoms with van der Waals surface area (Å²) in [5, 5.41) is 3.99. The third-order valence-corrected chi connectivity index (χ3v) is 3.08. The summed E-state index contributed by atoms with van der Waals surface area (Å²) in [6, 6.07) is 6.89. The first-order chi connectivity index (χ1) is 10.2. The topological polar surface area (TPSA) is 56.1 Å². The van der Waals surface area contributed by atoms with Gasteiger partial charge in [0, 0.05) is 40.7 Å². The Balaban J connectivity index is 2.33. The maximum absolute atomic E-state index is 11.8. The van der Waals surface area contributed by atoms with Gasteiger partial charge in [0.05, 0.1) is 0 Å². The second-order valence-electron chi connectivity index (χ2n) is 3.99. The van der Waals surface area contributed by atoms with Crippen LogP contribution in [0.1, 0.15) is 28.4 Å². The van der Waals surface area contributed by atoms with Crippen molar-refractivity contribution in [2.45, 2.75) is 13.5 Å². The quantitative estimate of drug-likeness (QED) is 0.516. The van der Waals surface area contributed by atoms with E-state index in [9.17, 15) is 4.79 Å². The first-order valence-electron chi connectivity index (χ1n) is 5.99. The number of halogens is 1. The molecule has 0 bridgehead atoms. The second kappa shape index (κ2) is 7.07. The van der Waals surface area contributed by atoms with Crippen molar-refractivity contribution in [1.82, 2.24) is 14.0 Å². The van der Waals surface area contributed by atoms with E-state index in [1.807, 2.05) is 6.07 Å². The van der Waals surface area contributed by atoms with E-state index in [0.29, 0.717) is 22.6 Å². The SMILES string of the molecule is CC#Cc1cccc(C(=O)NCl)c1COc1ccn(S)n1. The van der Waals surface area contributed by atoms with E-state index in [0.717, 1.165) is 0 Å². The van der Waals surface area contributed by atoms with Gasteiger partial charge in [0.15, 0.2) is 0 Å². The van der Waals surface area contributed by atoms with E-state index in [4.69, 9.17) is 16.5 Å². The molecule has 1 N–H and O–H groups in total. The largest absolute Gasteiger partial charge is 0.472 e. The number of amides is 1. The van der Waals surface area contributed by atoms with Crippen molar-refractivity contribution in [1.29, 1.82) is 0 Å². The van der Waals surface area contributed by atoms with Gasteiger partial charge < -0.3 is 4.74 Å². The molecule has 1 aromatic heterocycles. The normalized spacial score (nSPS) is 9.67. The fourth-order valence-corrected chi connectivity index (χ4v) is 2.04. The molecule has 0 aliphatic heterocycles. The summed E-state index contributed by atoms with van der Waals surface area (Å²) in [4.78, 5) is 13.9. The molecule has 0 saturated heterocycles. The molecule has 0 atom stereocenters. The molecule has 0 unspecified atom stereocenters. The Kier molecular flexibility index (Phi) is 5.14. The fourth-order valence-electron chi connectivity index (χ4n) is 1.78. The minimum atomic E-state index is -0.408. The number of nitrogens with one attached hydrogen (secondary N) is 1. The summed E-state index contributed by atoms with van der Waals surface area (Å²) in [6.45, 7) is 1.87. The van der Waals surface area contributed by atoms with E-state index in [-0.39, 0.29) is 6.61 Å². The van der Waals surface area contributed by atoms with Gasteiger partial charge in [0.2, 0.25) is 5.88 Å². The van der Waals surface area contributed by atoms with E-state index in [2.05, 4.69) is 34.6 Å². The van der Waals surface area contributed by atoms with Crippen LogP contribution in [-0.4, -0.2) is 15.1 Å². The summed E-state index contributed by atoms with van der Waals surface area (Å²) in [6.07, 6.45) is 1.64. The zero-order valence-electron chi connectivity index (χ0n) is 11.1. The van der Waals surface area contributed by atoms with Gasteiger partial charge in [-0.15, -0.1) is 11.0 Å². The predicted octanol–water partition coefficient (Wildman–Crippen LogP) is 2.41. The number of hydrogen-bond acceptors (Lipinski definition) is 4. The third-order valence-electron chi connectivity index (χ3n) is 2.68. The number of ether oxygens (including phenoxy) is 1. The van der Waals surface area contributed by atoms with E-state index >= 15 is 0 Å². The van der Waals surface area contributed by atoms with Crippen molar-refractivity contribution in [3.05, 3.63) is 47.2 Å². The summed E-state index contributed by atoms with van der Waals surface area (Å²) in [7, 11) is 0. The molecule has 0 fully saturated rings. The zero-order valence-corrected chi connectivity index (χ0v) is 12.8. The fraction of sp³-hybridized carbons (Fsp3) is 0.143. The molecule has 2 aromatic rings. The molecule has 0 saturated carbocycles. The van der Waals surface area contributed by atoms with Gasteiger partial charge >= 0.3 is 0 Å². The van der Waals surface area contributed by atoms with Crippen LogP contribution in [0.3, 0.4) is 0 Å².